The van der Waals surface area contributed by atoms with Gasteiger partial charge in [-0.3, -0.25) is 4.79 Å². The van der Waals surface area contributed by atoms with E-state index in [0.717, 1.165) is 36.7 Å². The highest BCUT2D eigenvalue weighted by Gasteiger charge is 2.34. The van der Waals surface area contributed by atoms with Gasteiger partial charge in [-0.05, 0) is 38.0 Å². The van der Waals surface area contributed by atoms with E-state index in [9.17, 15) is 18.0 Å². The first-order valence-electron chi connectivity index (χ1n) is 6.39. The van der Waals surface area contributed by atoms with Gasteiger partial charge in [0.05, 0.1) is 22.4 Å². The fourth-order valence-corrected chi connectivity index (χ4v) is 2.65. The SMILES string of the molecule is C[C@H](Sc1ccc(C#N)c(C(F)(F)F)c1)C(=O)NC1CC1. The number of hydrogen-bond acceptors (Lipinski definition) is 3. The van der Waals surface area contributed by atoms with Gasteiger partial charge in [0.25, 0.3) is 0 Å². The summed E-state index contributed by atoms with van der Waals surface area (Å²) in [6.07, 6.45) is -2.67. The Bertz CT molecular complexity index is 591. The van der Waals surface area contributed by atoms with Crippen molar-refractivity contribution in [3.05, 3.63) is 29.3 Å². The Hall–Kier alpha value is -1.68. The molecule has 3 nitrogen and oxygen atoms in total. The largest absolute Gasteiger partial charge is 0.417 e. The van der Waals surface area contributed by atoms with Crippen LogP contribution in [-0.4, -0.2) is 17.2 Å². The number of halogens is 3. The molecular formula is C14H13F3N2OS. The van der Waals surface area contributed by atoms with Crippen molar-refractivity contribution in [3.63, 3.8) is 0 Å². The van der Waals surface area contributed by atoms with Crippen molar-refractivity contribution in [2.75, 3.05) is 0 Å². The van der Waals surface area contributed by atoms with Crippen LogP contribution in [0.2, 0.25) is 0 Å². The maximum absolute atomic E-state index is 12.9. The highest BCUT2D eigenvalue weighted by atomic mass is 32.2. The predicted molar refractivity (Wildman–Crippen MR) is 72.6 cm³/mol. The normalized spacial score (nSPS) is 16.1. The van der Waals surface area contributed by atoms with Gasteiger partial charge in [0, 0.05) is 10.9 Å². The number of thioether (sulfide) groups is 1. The molecule has 1 amide bonds. The van der Waals surface area contributed by atoms with Gasteiger partial charge in [-0.25, -0.2) is 0 Å². The summed E-state index contributed by atoms with van der Waals surface area (Å²) in [6, 6.07) is 5.23. The van der Waals surface area contributed by atoms with Crippen molar-refractivity contribution in [2.45, 2.75) is 42.1 Å². The van der Waals surface area contributed by atoms with Crippen LogP contribution in [0.5, 0.6) is 0 Å². The van der Waals surface area contributed by atoms with Crippen LogP contribution in [0, 0.1) is 11.3 Å². The first kappa shape index (κ1) is 15.7. The number of nitriles is 1. The molecule has 2 rings (SSSR count). The first-order valence-corrected chi connectivity index (χ1v) is 7.27. The maximum Gasteiger partial charge on any atom is 0.417 e. The zero-order chi connectivity index (χ0) is 15.6. The highest BCUT2D eigenvalue weighted by Crippen LogP contribution is 2.35. The Kier molecular flexibility index (Phi) is 4.47. The number of hydrogen-bond donors (Lipinski definition) is 1. The van der Waals surface area contributed by atoms with Gasteiger partial charge in [0.15, 0.2) is 0 Å². The lowest BCUT2D eigenvalue weighted by Crippen LogP contribution is -2.32. The zero-order valence-corrected chi connectivity index (χ0v) is 12.0. The van der Waals surface area contributed by atoms with Crippen molar-refractivity contribution in [2.24, 2.45) is 0 Å². The summed E-state index contributed by atoms with van der Waals surface area (Å²) in [5.74, 6) is -0.180. The summed E-state index contributed by atoms with van der Waals surface area (Å²) in [5.41, 5.74) is -1.38. The molecule has 1 saturated carbocycles. The summed E-state index contributed by atoms with van der Waals surface area (Å²) in [7, 11) is 0. The second-order valence-corrected chi connectivity index (χ2v) is 6.27. The van der Waals surface area contributed by atoms with Gasteiger partial charge in [-0.1, -0.05) is 0 Å². The topological polar surface area (TPSA) is 52.9 Å². The van der Waals surface area contributed by atoms with E-state index in [1.165, 1.54) is 12.1 Å². The lowest BCUT2D eigenvalue weighted by atomic mass is 10.1. The molecule has 0 radical (unpaired) electrons. The average Bonchev–Trinajstić information content (AvgIpc) is 3.21. The van der Waals surface area contributed by atoms with E-state index in [-0.39, 0.29) is 11.9 Å². The van der Waals surface area contributed by atoms with Crippen molar-refractivity contribution < 1.29 is 18.0 Å². The molecule has 0 saturated heterocycles. The van der Waals surface area contributed by atoms with E-state index in [2.05, 4.69) is 5.32 Å². The van der Waals surface area contributed by atoms with Crippen LogP contribution in [0.25, 0.3) is 0 Å². The number of carbonyl (C=O) groups is 1. The minimum Gasteiger partial charge on any atom is -0.352 e. The summed E-state index contributed by atoms with van der Waals surface area (Å²) in [4.78, 5) is 12.1. The van der Waals surface area contributed by atoms with E-state index in [1.807, 2.05) is 0 Å². The van der Waals surface area contributed by atoms with Gasteiger partial charge in [0.2, 0.25) is 5.91 Å². The number of nitrogens with one attached hydrogen (secondary N) is 1. The molecule has 1 aliphatic rings. The van der Waals surface area contributed by atoms with Crippen LogP contribution in [0.3, 0.4) is 0 Å². The molecule has 1 fully saturated rings. The Balaban J connectivity index is 2.13. The van der Waals surface area contributed by atoms with Gasteiger partial charge in [0.1, 0.15) is 0 Å². The smallest absolute Gasteiger partial charge is 0.352 e. The van der Waals surface area contributed by atoms with Crippen LogP contribution in [-0.2, 0) is 11.0 Å². The van der Waals surface area contributed by atoms with Crippen LogP contribution < -0.4 is 5.32 Å². The first-order chi connectivity index (χ1) is 9.81. The van der Waals surface area contributed by atoms with E-state index in [0.29, 0.717) is 4.90 Å². The third-order valence-corrected chi connectivity index (χ3v) is 4.12. The Morgan fingerprint density at radius 1 is 1.48 bits per heavy atom. The summed E-state index contributed by atoms with van der Waals surface area (Å²) >= 11 is 1.05. The molecule has 7 heteroatoms. The molecule has 1 N–H and O–H groups in total. The van der Waals surface area contributed by atoms with Crippen molar-refractivity contribution in [1.29, 1.82) is 5.26 Å². The molecule has 0 heterocycles. The quantitative estimate of drug-likeness (QED) is 0.867. The van der Waals surface area contributed by atoms with E-state index in [4.69, 9.17) is 5.26 Å². The summed E-state index contributed by atoms with van der Waals surface area (Å²) in [5, 5.41) is 11.0. The van der Waals surface area contributed by atoms with Crippen LogP contribution in [0.4, 0.5) is 13.2 Å². The fraction of sp³-hybridized carbons (Fsp3) is 0.429. The molecule has 112 valence electrons. The molecule has 0 aliphatic heterocycles. The van der Waals surface area contributed by atoms with Gasteiger partial charge < -0.3 is 5.32 Å². The molecule has 0 aromatic heterocycles. The van der Waals surface area contributed by atoms with E-state index >= 15 is 0 Å². The Morgan fingerprint density at radius 2 is 2.14 bits per heavy atom. The third kappa shape index (κ3) is 4.14. The minimum absolute atomic E-state index is 0.180. The molecule has 1 aromatic rings. The summed E-state index contributed by atoms with van der Waals surface area (Å²) in [6.45, 7) is 1.65. The third-order valence-electron chi connectivity index (χ3n) is 3.02. The average molecular weight is 314 g/mol. The van der Waals surface area contributed by atoms with Crippen molar-refractivity contribution in [1.82, 2.24) is 5.32 Å². The lowest BCUT2D eigenvalue weighted by molar-refractivity contribution is -0.137. The molecular weight excluding hydrogens is 301 g/mol. The standard InChI is InChI=1S/C14H13F3N2OS/c1-8(13(20)19-10-3-4-10)21-11-5-2-9(7-18)12(6-11)14(15,16)17/h2,5-6,8,10H,3-4H2,1H3,(H,19,20)/t8-/m0/s1. The Labute approximate surface area is 124 Å². The second kappa shape index (κ2) is 5.98. The molecule has 0 spiro atoms. The molecule has 21 heavy (non-hydrogen) atoms. The molecule has 0 unspecified atom stereocenters. The molecule has 1 atom stereocenters. The van der Waals surface area contributed by atoms with Crippen molar-refractivity contribution in [3.8, 4) is 6.07 Å². The van der Waals surface area contributed by atoms with E-state index in [1.54, 1.807) is 6.92 Å². The number of alkyl halides is 3. The van der Waals surface area contributed by atoms with Crippen LogP contribution in [0.15, 0.2) is 23.1 Å². The van der Waals surface area contributed by atoms with Crippen molar-refractivity contribution >= 4 is 17.7 Å². The van der Waals surface area contributed by atoms with Gasteiger partial charge in [-0.15, -0.1) is 11.8 Å². The maximum atomic E-state index is 12.9. The monoisotopic (exact) mass is 314 g/mol. The highest BCUT2D eigenvalue weighted by molar-refractivity contribution is 8.00. The molecule has 1 aromatic carbocycles. The number of benzene rings is 1. The fourth-order valence-electron chi connectivity index (χ4n) is 1.73. The van der Waals surface area contributed by atoms with Crippen LogP contribution in [0.1, 0.15) is 30.9 Å². The lowest BCUT2D eigenvalue weighted by Gasteiger charge is -2.14. The number of rotatable bonds is 4. The second-order valence-electron chi connectivity index (χ2n) is 4.86. The van der Waals surface area contributed by atoms with Gasteiger partial charge in [-0.2, -0.15) is 18.4 Å². The molecule has 1 aliphatic carbocycles. The number of amides is 1. The zero-order valence-electron chi connectivity index (χ0n) is 11.2. The summed E-state index contributed by atoms with van der Waals surface area (Å²) < 4.78 is 38.6. The number of nitrogens with zero attached hydrogens (tertiary/aromatic N) is 1. The van der Waals surface area contributed by atoms with Gasteiger partial charge >= 0.3 is 6.18 Å². The molecule has 0 bridgehead atoms. The minimum atomic E-state index is -4.58. The predicted octanol–water partition coefficient (Wildman–Crippen LogP) is 3.34. The van der Waals surface area contributed by atoms with E-state index < -0.39 is 22.6 Å². The van der Waals surface area contributed by atoms with Crippen LogP contribution >= 0.6 is 11.8 Å². The Morgan fingerprint density at radius 3 is 2.67 bits per heavy atom. The number of carbonyl (C=O) groups excluding carboxylic acids is 1.